The maximum atomic E-state index is 15.2. The molecule has 4 aliphatic carbocycles. The number of nitrogens with zero attached hydrogens (tertiary/aromatic N) is 12. The van der Waals surface area contributed by atoms with Crippen LogP contribution in [0.1, 0.15) is 203 Å². The number of halogens is 7. The van der Waals surface area contributed by atoms with E-state index in [1.54, 1.807) is 80.3 Å². The van der Waals surface area contributed by atoms with Crippen LogP contribution in [0, 0.1) is 78.4 Å². The van der Waals surface area contributed by atoms with Crippen LogP contribution in [0.3, 0.4) is 0 Å². The predicted molar refractivity (Wildman–Crippen MR) is 563 cm³/mol. The van der Waals surface area contributed by atoms with Crippen LogP contribution in [0.25, 0.3) is 9.69 Å². The Morgan fingerprint density at radius 3 is 1.19 bits per heavy atom. The molecule has 10 fully saturated rings. The number of benzene rings is 6. The van der Waals surface area contributed by atoms with E-state index < -0.39 is 80.3 Å². The Morgan fingerprint density at radius 2 is 0.874 bits per heavy atom. The molecule has 6 aromatic rings. The molecule has 5 N–H and O–H groups in total. The quantitative estimate of drug-likeness (QED) is 0.0129. The number of nitrogens with two attached hydrogens (primary N) is 1. The average molecular weight is 2150 g/mol. The van der Waals surface area contributed by atoms with Gasteiger partial charge in [-0.05, 0) is 290 Å². The van der Waals surface area contributed by atoms with Crippen molar-refractivity contribution in [2.24, 2.45) is 0 Å². The van der Waals surface area contributed by atoms with E-state index in [4.69, 9.17) is 76.8 Å². The number of aliphatic hydroxyl groups is 2. The Labute approximate surface area is 868 Å². The first-order valence-electron chi connectivity index (χ1n) is 49.2. The van der Waals surface area contributed by atoms with Gasteiger partial charge in [-0.1, -0.05) is 97.6 Å². The van der Waals surface area contributed by atoms with Crippen molar-refractivity contribution < 1.29 is 89.7 Å². The van der Waals surface area contributed by atoms with Crippen molar-refractivity contribution in [1.82, 2.24) is 19.6 Å². The first-order valence-corrected chi connectivity index (χ1v) is 67.2. The molecule has 0 bridgehead atoms. The summed E-state index contributed by atoms with van der Waals surface area (Å²) >= 11 is 10.5. The molecule has 6 aromatic carbocycles. The number of amides is 6. The summed E-state index contributed by atoms with van der Waals surface area (Å²) in [7, 11) is 5.00. The van der Waals surface area contributed by atoms with Crippen molar-refractivity contribution in [2.75, 3.05) is 83.0 Å². The third kappa shape index (κ3) is 28.5. The minimum atomic E-state index is -1.80. The van der Waals surface area contributed by atoms with E-state index >= 15 is 13.2 Å². The number of hydrogen-bond donors (Lipinski definition) is 4. The Morgan fingerprint density at radius 1 is 0.524 bits per heavy atom. The van der Waals surface area contributed by atoms with Gasteiger partial charge >= 0.3 is 34.5 Å². The van der Waals surface area contributed by atoms with E-state index in [1.807, 2.05) is 42.4 Å². The number of Topliss-reactive ketones (excluding diaryl/α,β-unsaturated/α-hetero) is 1. The number of rotatable bonds is 26. The van der Waals surface area contributed by atoms with E-state index in [-0.39, 0.29) is 104 Å². The molecule has 0 radical (unpaired) electrons. The summed E-state index contributed by atoms with van der Waals surface area (Å²) in [6.45, 7) is 50.3. The number of anilines is 6. The number of hydrogen-bond acceptors (Lipinski definition) is 17. The molecule has 38 heteroatoms. The molecule has 6 amide bonds. The molecule has 6 aliphatic heterocycles. The molecule has 6 saturated heterocycles. The van der Waals surface area contributed by atoms with Crippen LogP contribution >= 0.6 is 43.8 Å². The van der Waals surface area contributed by atoms with Crippen LogP contribution in [-0.2, 0) is 83.2 Å². The van der Waals surface area contributed by atoms with Crippen molar-refractivity contribution in [2.45, 2.75) is 306 Å². The van der Waals surface area contributed by atoms with Crippen molar-refractivity contribution in [1.29, 1.82) is 10.5 Å². The average Bonchev–Trinajstić information content (AvgIpc) is 1.55. The third-order valence-corrected chi connectivity index (χ3v) is 39.4. The topological polar surface area (TPSA) is 299 Å². The Bertz CT molecular complexity index is 5850. The Balaban J connectivity index is 0.000000188. The summed E-state index contributed by atoms with van der Waals surface area (Å²) in [5.74, 6) is -1.96. The fraction of sp³-hybridized carbons (Fsp3) is 0.533. The second-order valence-electron chi connectivity index (χ2n) is 42.7. The zero-order valence-electron chi connectivity index (χ0n) is 84.9. The summed E-state index contributed by atoms with van der Waals surface area (Å²) in [5.41, 5.74) is 11.9. The number of nitriles is 2. The van der Waals surface area contributed by atoms with E-state index in [1.165, 1.54) is 53.1 Å². The first kappa shape index (κ1) is 115. The van der Waals surface area contributed by atoms with Gasteiger partial charge in [-0.3, -0.25) is 43.4 Å². The molecule has 143 heavy (non-hydrogen) atoms. The van der Waals surface area contributed by atoms with Crippen molar-refractivity contribution >= 4 is 165 Å². The molecule has 0 atom stereocenters. The number of aryl methyl sites for hydroxylation is 5. The molecule has 4 saturated carbocycles. The number of ketones is 1. The molecular formula is C105H135Cl2F5N14O11S2Si3Zn. The summed E-state index contributed by atoms with van der Waals surface area (Å²) in [5, 5.41) is 40.1. The van der Waals surface area contributed by atoms with Gasteiger partial charge in [-0.2, -0.15) is 5.26 Å². The van der Waals surface area contributed by atoms with Crippen LogP contribution < -0.4 is 30.7 Å². The predicted octanol–water partition coefficient (Wildman–Crippen LogP) is 21.4. The Hall–Kier alpha value is -9.51. The summed E-state index contributed by atoms with van der Waals surface area (Å²) in [4.78, 5) is 106. The molecule has 0 unspecified atom stereocenters. The number of β-amino-alcohol motifs (C(OH)–C–C–N with tert-alkyl or cyclic N) is 2. The molecule has 10 aliphatic rings. The van der Waals surface area contributed by atoms with Gasteiger partial charge in [0.2, 0.25) is 23.6 Å². The van der Waals surface area contributed by atoms with Crippen LogP contribution in [0.2, 0.25) is 55.9 Å². The van der Waals surface area contributed by atoms with Crippen LogP contribution in [0.15, 0.2) is 103 Å². The molecule has 6 heterocycles. The zero-order chi connectivity index (χ0) is 105. The van der Waals surface area contributed by atoms with E-state index in [2.05, 4.69) is 94.5 Å². The fourth-order valence-electron chi connectivity index (χ4n) is 17.3. The summed E-state index contributed by atoms with van der Waals surface area (Å²) in [6.07, 6.45) is 14.4. The van der Waals surface area contributed by atoms with Crippen LogP contribution in [0.5, 0.6) is 0 Å². The van der Waals surface area contributed by atoms with E-state index in [0.717, 1.165) is 56.9 Å². The normalized spacial score (nSPS) is 17.7. The van der Waals surface area contributed by atoms with Gasteiger partial charge in [-0.15, -0.1) is 0 Å². The van der Waals surface area contributed by atoms with Crippen LogP contribution in [0.4, 0.5) is 67.5 Å². The van der Waals surface area contributed by atoms with Gasteiger partial charge in [0, 0.05) is 125 Å². The maximum absolute atomic E-state index is 15.2. The van der Waals surface area contributed by atoms with Crippen molar-refractivity contribution in [3.8, 4) is 11.8 Å². The minimum absolute atomic E-state index is 0.00912. The molecular weight excluding hydrogens is 2010 g/mol. The van der Waals surface area contributed by atoms with E-state index in [0.29, 0.717) is 216 Å². The van der Waals surface area contributed by atoms with Crippen molar-refractivity contribution in [3.05, 3.63) is 188 Å². The molecule has 16 rings (SSSR count). The second kappa shape index (κ2) is 49.3. The van der Waals surface area contributed by atoms with Gasteiger partial charge in [0.05, 0.1) is 49.3 Å². The first-order chi connectivity index (χ1) is 67.2. The number of aliphatic hydroxyl groups excluding tert-OH is 2. The number of carbonyl (C=O) groups is 7. The van der Waals surface area contributed by atoms with Gasteiger partial charge in [0.25, 0.3) is 11.8 Å². The number of nitrogens with one attached hydrogen (secondary N) is 1. The SMILES string of the molecule is CC(C)(C)[Si](C)(C)OC1CN(C(=O)CCCc2ccc(N)cc2F)C1.CC(C)(C)[Si](C)(C)OC1CN(C(=O)CCCc2ccc(NC3(C#N)CCC3)cc2F)C1.C[Si](C)(C)C#N.O=C1CCC1.[C-]#[N+]c1ccc(N2C(=O)C3(CCC3)N(c3ccc(CCCC(=O)N4CC(O)C4)c(F)c3)C2=S)c(F)c1C.[C-]#[N+]c1ccc(N2C(=O)C3(CCC3)N(c3ccc(CCCC(=O)N4CC(O)C4)c(F)c3)C2=S)cc1C.[Cl][Zn][Cl]. The zero-order valence-corrected chi connectivity index (χ0v) is 94.0. The van der Waals surface area contributed by atoms with E-state index in [9.17, 15) is 57.8 Å². The number of likely N-dealkylation sites (tertiary alicyclic amines) is 4. The number of carbonyl (C=O) groups excluding carboxylic acids is 7. The van der Waals surface area contributed by atoms with Gasteiger partial charge in [-0.25, -0.2) is 36.9 Å². The summed E-state index contributed by atoms with van der Waals surface area (Å²) < 4.78 is 86.4. The van der Waals surface area contributed by atoms with Crippen LogP contribution in [-0.4, -0.2) is 199 Å². The summed E-state index contributed by atoms with van der Waals surface area (Å²) in [6, 6.07) is 29.8. The monoisotopic (exact) mass is 2140 g/mol. The van der Waals surface area contributed by atoms with Crippen molar-refractivity contribution in [3.63, 3.8) is 0 Å². The standard InChI is InChI=1S/C27H26F2N4O3S.C27H27FN4O3S.C24H36FN3O2Si.C19H31FN2O2Si.C4H9NSi.C4H6O.2ClH.Zn/c1-16-21(30-2)9-10-22(24(16)29)32-25(36)27(11-4-12-27)33(26(32)37)18-8-7-17(20(28)13-18)5-3-6-23(35)31-14-19(34)15-31;1-17-13-19(9-10-23(17)29-2)31-25(35)27(11-4-12-27)32(26(31)36)20-8-7-18(22(28)14-20)5-3-6-24(34)30-15-21(33)16-30;1-23(2,3)31(4,5)30-20-15-28(16-20)22(29)9-6-8-18-10-11-19(14-21(18)25)27-24(17-26)12-7-13-24;1-19(2,3)25(4,5)24-16-12-22(13-16)18(23)8-6-7-14-9-10-15(21)11-17(14)20;1-6(2,3)4-5;5-4-2-1-3-4;;;/h7-10,13,19,34H,3-6,11-12,14-15H2,1H3;7-10,13-14,21,33H,3-6,11-12,15-16H2,1H3;10-11,14,20,27H,6-9,12-13,15-16H2,1-5H3;9-11,16H,6-8,12-13,21H2,1-5H3;1-3H3;1-3H2;2*1H;/q;;;;;;;;+2/p-2. The molecule has 2 spiro atoms. The molecule has 25 nitrogen and oxygen atoms in total. The van der Waals surface area contributed by atoms with Gasteiger partial charge < -0.3 is 59.5 Å². The molecule has 0 aromatic heterocycles. The third-order valence-electron chi connectivity index (χ3n) is 28.9. The number of nitrogen functional groups attached to an aromatic ring is 1. The van der Waals surface area contributed by atoms with Gasteiger partial charge in [0.15, 0.2) is 46.3 Å². The second-order valence-corrected chi connectivity index (χ2v) is 62.3. The fourth-order valence-corrected chi connectivity index (χ4v) is 20.9. The molecule has 766 valence electrons. The van der Waals surface area contributed by atoms with Gasteiger partial charge in [0.1, 0.15) is 51.5 Å². The Kier molecular flexibility index (Phi) is 39.8. The number of thiocarbonyl (C=S) groups is 2.